The molecule has 1 aromatic heterocycles. The van der Waals surface area contributed by atoms with Crippen molar-refractivity contribution in [3.8, 4) is 0 Å². The van der Waals surface area contributed by atoms with Gasteiger partial charge in [0.15, 0.2) is 0 Å². The molecule has 6 heteroatoms. The smallest absolute Gasteiger partial charge is 0.228 e. The maximum absolute atomic E-state index is 12.4. The Balaban J connectivity index is 1.39. The molecule has 3 aromatic rings. The zero-order valence-electron chi connectivity index (χ0n) is 15.3. The number of likely N-dealkylation sites (N-methyl/N-ethyl adjacent to an activating group) is 1. The molecule has 1 aliphatic rings. The number of carbonyl (C=O) groups is 1. The van der Waals surface area contributed by atoms with Crippen LogP contribution in [0.25, 0.3) is 10.9 Å². The number of halogens is 1. The SMILES string of the molecule is CN1CCN(c2ccc(NC(=O)Cc3c[nH]c4cc(Cl)ccc34)cc2)CC1. The van der Waals surface area contributed by atoms with Crippen molar-refractivity contribution < 1.29 is 4.79 Å². The molecule has 1 saturated heterocycles. The predicted octanol–water partition coefficient (Wildman–Crippen LogP) is 3.75. The van der Waals surface area contributed by atoms with E-state index in [1.165, 1.54) is 5.69 Å². The van der Waals surface area contributed by atoms with Crippen molar-refractivity contribution in [1.82, 2.24) is 9.88 Å². The van der Waals surface area contributed by atoms with Crippen LogP contribution in [0.15, 0.2) is 48.7 Å². The lowest BCUT2D eigenvalue weighted by Crippen LogP contribution is -2.44. The Morgan fingerprint density at radius 2 is 1.85 bits per heavy atom. The molecule has 1 amide bonds. The van der Waals surface area contributed by atoms with Crippen molar-refractivity contribution in [2.75, 3.05) is 43.4 Å². The molecule has 27 heavy (non-hydrogen) atoms. The number of piperazine rings is 1. The van der Waals surface area contributed by atoms with Gasteiger partial charge in [0.05, 0.1) is 6.42 Å². The van der Waals surface area contributed by atoms with Gasteiger partial charge in [-0.05, 0) is 49.0 Å². The van der Waals surface area contributed by atoms with E-state index < -0.39 is 0 Å². The summed E-state index contributed by atoms with van der Waals surface area (Å²) in [7, 11) is 2.15. The summed E-state index contributed by atoms with van der Waals surface area (Å²) in [5.41, 5.74) is 3.94. The third-order valence-corrected chi connectivity index (χ3v) is 5.34. The van der Waals surface area contributed by atoms with E-state index in [4.69, 9.17) is 11.6 Å². The van der Waals surface area contributed by atoms with Gasteiger partial charge in [0.1, 0.15) is 0 Å². The Bertz CT molecular complexity index is 942. The van der Waals surface area contributed by atoms with Crippen molar-refractivity contribution in [2.24, 2.45) is 0 Å². The van der Waals surface area contributed by atoms with Gasteiger partial charge < -0.3 is 20.1 Å². The summed E-state index contributed by atoms with van der Waals surface area (Å²) in [5.74, 6) is -0.0294. The van der Waals surface area contributed by atoms with Crippen LogP contribution in [0.2, 0.25) is 5.02 Å². The second kappa shape index (κ2) is 7.62. The second-order valence-electron chi connectivity index (χ2n) is 7.07. The summed E-state index contributed by atoms with van der Waals surface area (Å²) in [6, 6.07) is 13.8. The average molecular weight is 383 g/mol. The Kier molecular flexibility index (Phi) is 5.05. The molecule has 1 fully saturated rings. The van der Waals surface area contributed by atoms with E-state index in [2.05, 4.69) is 39.3 Å². The average Bonchev–Trinajstić information content (AvgIpc) is 3.05. The topological polar surface area (TPSA) is 51.4 Å². The number of rotatable bonds is 4. The zero-order chi connectivity index (χ0) is 18.8. The summed E-state index contributed by atoms with van der Waals surface area (Å²) in [4.78, 5) is 20.3. The van der Waals surface area contributed by atoms with E-state index in [9.17, 15) is 4.79 Å². The summed E-state index contributed by atoms with van der Waals surface area (Å²) < 4.78 is 0. The van der Waals surface area contributed by atoms with Crippen LogP contribution < -0.4 is 10.2 Å². The number of anilines is 2. The first-order valence-electron chi connectivity index (χ1n) is 9.17. The number of H-pyrrole nitrogens is 1. The molecule has 0 radical (unpaired) electrons. The van der Waals surface area contributed by atoms with Crippen molar-refractivity contribution in [3.63, 3.8) is 0 Å². The number of amides is 1. The molecule has 0 bridgehead atoms. The molecule has 0 aliphatic carbocycles. The minimum absolute atomic E-state index is 0.0294. The fourth-order valence-electron chi connectivity index (χ4n) is 3.50. The first kappa shape index (κ1) is 17.9. The molecule has 1 aliphatic heterocycles. The molecule has 0 spiro atoms. The van der Waals surface area contributed by atoms with Gasteiger partial charge in [-0.25, -0.2) is 0 Å². The molecular formula is C21H23ClN4O. The lowest BCUT2D eigenvalue weighted by atomic mass is 10.1. The number of nitrogens with one attached hydrogen (secondary N) is 2. The number of carbonyl (C=O) groups excluding carboxylic acids is 1. The third-order valence-electron chi connectivity index (χ3n) is 5.10. The van der Waals surface area contributed by atoms with Crippen LogP contribution in [0, 0.1) is 0 Å². The van der Waals surface area contributed by atoms with E-state index in [-0.39, 0.29) is 5.91 Å². The number of aromatic amines is 1. The summed E-state index contributed by atoms with van der Waals surface area (Å²) in [5, 5.41) is 4.70. The van der Waals surface area contributed by atoms with Crippen LogP contribution in [0.1, 0.15) is 5.56 Å². The maximum Gasteiger partial charge on any atom is 0.228 e. The fourth-order valence-corrected chi connectivity index (χ4v) is 3.68. The van der Waals surface area contributed by atoms with Gasteiger partial charge in [-0.3, -0.25) is 4.79 Å². The molecule has 2 N–H and O–H groups in total. The van der Waals surface area contributed by atoms with Crippen LogP contribution in [0.4, 0.5) is 11.4 Å². The summed E-state index contributed by atoms with van der Waals surface area (Å²) >= 11 is 6.01. The monoisotopic (exact) mass is 382 g/mol. The van der Waals surface area contributed by atoms with E-state index in [0.29, 0.717) is 11.4 Å². The summed E-state index contributed by atoms with van der Waals surface area (Å²) in [6.45, 7) is 4.22. The Hall–Kier alpha value is -2.50. The lowest BCUT2D eigenvalue weighted by molar-refractivity contribution is -0.115. The largest absolute Gasteiger partial charge is 0.369 e. The van der Waals surface area contributed by atoms with Crippen molar-refractivity contribution in [3.05, 3.63) is 59.2 Å². The van der Waals surface area contributed by atoms with E-state index in [0.717, 1.165) is 48.3 Å². The normalized spacial score (nSPS) is 15.3. The molecule has 0 unspecified atom stereocenters. The first-order chi connectivity index (χ1) is 13.1. The Morgan fingerprint density at radius 1 is 1.11 bits per heavy atom. The van der Waals surface area contributed by atoms with E-state index >= 15 is 0 Å². The Labute approximate surface area is 163 Å². The van der Waals surface area contributed by atoms with Gasteiger partial charge in [-0.15, -0.1) is 0 Å². The van der Waals surface area contributed by atoms with Crippen molar-refractivity contribution >= 4 is 39.8 Å². The zero-order valence-corrected chi connectivity index (χ0v) is 16.1. The van der Waals surface area contributed by atoms with Crippen LogP contribution in [0.3, 0.4) is 0 Å². The van der Waals surface area contributed by atoms with Gasteiger partial charge >= 0.3 is 0 Å². The molecule has 2 aromatic carbocycles. The number of hydrogen-bond acceptors (Lipinski definition) is 3. The fraction of sp³-hybridized carbons (Fsp3) is 0.286. The Morgan fingerprint density at radius 3 is 2.59 bits per heavy atom. The molecule has 4 rings (SSSR count). The highest BCUT2D eigenvalue weighted by molar-refractivity contribution is 6.31. The van der Waals surface area contributed by atoms with Crippen molar-refractivity contribution in [1.29, 1.82) is 0 Å². The quantitative estimate of drug-likeness (QED) is 0.722. The van der Waals surface area contributed by atoms with Gasteiger partial charge in [-0.1, -0.05) is 17.7 Å². The molecular weight excluding hydrogens is 360 g/mol. The van der Waals surface area contributed by atoms with Crippen LogP contribution >= 0.6 is 11.6 Å². The van der Waals surface area contributed by atoms with Crippen LogP contribution in [-0.4, -0.2) is 49.0 Å². The molecule has 2 heterocycles. The summed E-state index contributed by atoms with van der Waals surface area (Å²) in [6.07, 6.45) is 2.19. The highest BCUT2D eigenvalue weighted by Gasteiger charge is 2.14. The third kappa shape index (κ3) is 4.10. The number of fused-ring (bicyclic) bond motifs is 1. The first-order valence-corrected chi connectivity index (χ1v) is 9.55. The highest BCUT2D eigenvalue weighted by atomic mass is 35.5. The molecule has 0 atom stereocenters. The number of nitrogens with zero attached hydrogens (tertiary/aromatic N) is 2. The molecule has 5 nitrogen and oxygen atoms in total. The van der Waals surface area contributed by atoms with Gasteiger partial charge in [0.2, 0.25) is 5.91 Å². The van der Waals surface area contributed by atoms with E-state index in [1.54, 1.807) is 0 Å². The van der Waals surface area contributed by atoms with Gasteiger partial charge in [0, 0.05) is 59.7 Å². The minimum Gasteiger partial charge on any atom is -0.369 e. The van der Waals surface area contributed by atoms with Crippen molar-refractivity contribution in [2.45, 2.75) is 6.42 Å². The number of benzene rings is 2. The number of aromatic nitrogens is 1. The minimum atomic E-state index is -0.0294. The van der Waals surface area contributed by atoms with Crippen LogP contribution in [0.5, 0.6) is 0 Å². The molecule has 0 saturated carbocycles. The second-order valence-corrected chi connectivity index (χ2v) is 7.50. The van der Waals surface area contributed by atoms with Crippen LogP contribution in [-0.2, 0) is 11.2 Å². The number of hydrogen-bond donors (Lipinski definition) is 2. The predicted molar refractivity (Wildman–Crippen MR) is 112 cm³/mol. The lowest BCUT2D eigenvalue weighted by Gasteiger charge is -2.34. The van der Waals surface area contributed by atoms with E-state index in [1.807, 2.05) is 36.5 Å². The standard InChI is InChI=1S/C21H23ClN4O/c1-25-8-10-26(11-9-25)18-5-3-17(4-6-18)24-21(27)12-15-14-23-20-13-16(22)2-7-19(15)20/h2-7,13-14,23H,8-12H2,1H3,(H,24,27). The van der Waals surface area contributed by atoms with Gasteiger partial charge in [-0.2, -0.15) is 0 Å². The maximum atomic E-state index is 12.4. The molecule has 140 valence electrons. The van der Waals surface area contributed by atoms with Gasteiger partial charge in [0.25, 0.3) is 0 Å². The highest BCUT2D eigenvalue weighted by Crippen LogP contribution is 2.23.